The highest BCUT2D eigenvalue weighted by Gasteiger charge is 2.20. The number of pyridine rings is 1. The Labute approximate surface area is 188 Å². The van der Waals surface area contributed by atoms with E-state index in [4.69, 9.17) is 4.74 Å². The van der Waals surface area contributed by atoms with Crippen LogP contribution in [0.5, 0.6) is 5.75 Å². The third-order valence-electron chi connectivity index (χ3n) is 4.39. The number of nitrogens with zero attached hydrogens (tertiary/aromatic N) is 4. The molecule has 158 valence electrons. The molecule has 0 spiro atoms. The number of nitrogens with one attached hydrogen (secondary N) is 1. The molecule has 0 aliphatic carbocycles. The first kappa shape index (κ1) is 22.3. The molecule has 9 heteroatoms. The number of aryl methyl sites for hydroxylation is 2. The molecule has 2 heterocycles. The second-order valence-electron chi connectivity index (χ2n) is 6.81. The van der Waals surface area contributed by atoms with E-state index in [-0.39, 0.29) is 17.8 Å². The van der Waals surface area contributed by atoms with E-state index in [9.17, 15) is 4.79 Å². The van der Waals surface area contributed by atoms with E-state index in [2.05, 4.69) is 49.4 Å². The molecule has 3 rings (SSSR count). The molecule has 1 N–H and O–H groups in total. The molecule has 1 unspecified atom stereocenters. The first-order chi connectivity index (χ1) is 14.4. The van der Waals surface area contributed by atoms with Gasteiger partial charge >= 0.3 is 0 Å². The number of ether oxygens (including phenoxy) is 1. The Morgan fingerprint density at radius 3 is 2.73 bits per heavy atom. The summed E-state index contributed by atoms with van der Waals surface area (Å²) in [5.41, 5.74) is 2.27. The van der Waals surface area contributed by atoms with Gasteiger partial charge in [-0.3, -0.25) is 4.79 Å². The summed E-state index contributed by atoms with van der Waals surface area (Å²) in [7, 11) is 0. The summed E-state index contributed by atoms with van der Waals surface area (Å²) in [5, 5.41) is 12.0. The van der Waals surface area contributed by atoms with Gasteiger partial charge in [-0.05, 0) is 67.4 Å². The molecule has 7 nitrogen and oxygen atoms in total. The van der Waals surface area contributed by atoms with Crippen molar-refractivity contribution in [3.8, 4) is 5.75 Å². The molecule has 1 amide bonds. The Morgan fingerprint density at radius 2 is 2.07 bits per heavy atom. The van der Waals surface area contributed by atoms with Gasteiger partial charge in [-0.1, -0.05) is 29.5 Å². The molecular formula is C21H24BrN5O2S. The van der Waals surface area contributed by atoms with Crippen molar-refractivity contribution in [2.45, 2.75) is 45.5 Å². The Hall–Kier alpha value is -2.39. The van der Waals surface area contributed by atoms with Crippen LogP contribution in [0.1, 0.15) is 36.9 Å². The van der Waals surface area contributed by atoms with E-state index in [0.29, 0.717) is 17.5 Å². The van der Waals surface area contributed by atoms with Gasteiger partial charge in [0.2, 0.25) is 5.91 Å². The number of halogens is 1. The van der Waals surface area contributed by atoms with Crippen molar-refractivity contribution in [1.29, 1.82) is 0 Å². The van der Waals surface area contributed by atoms with Gasteiger partial charge in [-0.25, -0.2) is 4.98 Å². The van der Waals surface area contributed by atoms with E-state index in [1.165, 1.54) is 17.3 Å². The quantitative estimate of drug-likeness (QED) is 0.451. The van der Waals surface area contributed by atoms with Crippen LogP contribution >= 0.6 is 27.7 Å². The van der Waals surface area contributed by atoms with E-state index in [1.54, 1.807) is 12.3 Å². The van der Waals surface area contributed by atoms with Gasteiger partial charge in [0.25, 0.3) is 0 Å². The smallest absolute Gasteiger partial charge is 0.236 e. The van der Waals surface area contributed by atoms with Crippen molar-refractivity contribution in [3.05, 3.63) is 58.0 Å². The van der Waals surface area contributed by atoms with Crippen molar-refractivity contribution in [2.24, 2.45) is 0 Å². The number of rotatable bonds is 8. The largest absolute Gasteiger partial charge is 0.482 e. The molecule has 0 aliphatic heterocycles. The lowest BCUT2D eigenvalue weighted by molar-refractivity contribution is -0.113. The average molecular weight is 490 g/mol. The molecule has 0 bridgehead atoms. The van der Waals surface area contributed by atoms with E-state index in [0.717, 1.165) is 21.6 Å². The fraction of sp³-hybridized carbons (Fsp3) is 0.333. The number of carbonyl (C=O) groups excluding carboxylic acids is 1. The lowest BCUT2D eigenvalue weighted by Crippen LogP contribution is -2.16. The molecule has 0 fully saturated rings. The number of carbonyl (C=O) groups is 1. The van der Waals surface area contributed by atoms with Crippen molar-refractivity contribution < 1.29 is 9.53 Å². The maximum absolute atomic E-state index is 12.3. The number of hydrogen-bond donors (Lipinski definition) is 1. The maximum Gasteiger partial charge on any atom is 0.236 e. The average Bonchev–Trinajstić information content (AvgIpc) is 3.13. The summed E-state index contributed by atoms with van der Waals surface area (Å²) in [5.74, 6) is 2.13. The predicted molar refractivity (Wildman–Crippen MR) is 122 cm³/mol. The van der Waals surface area contributed by atoms with Crippen molar-refractivity contribution >= 4 is 39.4 Å². The van der Waals surface area contributed by atoms with Crippen LogP contribution in [-0.2, 0) is 11.3 Å². The molecule has 0 saturated carbocycles. The van der Waals surface area contributed by atoms with Gasteiger partial charge in [-0.15, -0.1) is 10.2 Å². The van der Waals surface area contributed by atoms with Crippen molar-refractivity contribution in [3.63, 3.8) is 0 Å². The van der Waals surface area contributed by atoms with Crippen molar-refractivity contribution in [2.75, 3.05) is 11.1 Å². The number of benzene rings is 1. The van der Waals surface area contributed by atoms with Gasteiger partial charge in [0, 0.05) is 17.2 Å². The van der Waals surface area contributed by atoms with Gasteiger partial charge in [0.1, 0.15) is 11.6 Å². The Morgan fingerprint density at radius 1 is 1.27 bits per heavy atom. The maximum atomic E-state index is 12.3. The first-order valence-corrected chi connectivity index (χ1v) is 11.4. The molecule has 0 aliphatic rings. The van der Waals surface area contributed by atoms with E-state index < -0.39 is 0 Å². The summed E-state index contributed by atoms with van der Waals surface area (Å²) in [6.45, 7) is 8.74. The molecular weight excluding hydrogens is 466 g/mol. The summed E-state index contributed by atoms with van der Waals surface area (Å²) < 4.78 is 8.97. The van der Waals surface area contributed by atoms with Crippen molar-refractivity contribution in [1.82, 2.24) is 19.7 Å². The van der Waals surface area contributed by atoms with Crippen LogP contribution in [0, 0.1) is 13.8 Å². The van der Waals surface area contributed by atoms with Gasteiger partial charge in [0.05, 0.1) is 5.75 Å². The van der Waals surface area contributed by atoms with Gasteiger partial charge in [-0.2, -0.15) is 0 Å². The minimum atomic E-state index is -0.269. The molecule has 1 atom stereocenters. The molecule has 1 aromatic carbocycles. The zero-order valence-corrected chi connectivity index (χ0v) is 19.7. The Bertz CT molecular complexity index is 1020. The normalized spacial score (nSPS) is 11.9. The molecule has 0 radical (unpaired) electrons. The van der Waals surface area contributed by atoms with Crippen LogP contribution in [0.4, 0.5) is 5.82 Å². The zero-order valence-electron chi connectivity index (χ0n) is 17.3. The monoisotopic (exact) mass is 489 g/mol. The van der Waals surface area contributed by atoms with Crippen LogP contribution in [0.15, 0.2) is 46.2 Å². The molecule has 3 aromatic rings. The fourth-order valence-corrected chi connectivity index (χ4v) is 3.98. The third-order valence-corrected chi connectivity index (χ3v) is 5.82. The summed E-state index contributed by atoms with van der Waals surface area (Å²) >= 11 is 4.66. The Balaban J connectivity index is 1.64. The molecule has 30 heavy (non-hydrogen) atoms. The van der Waals surface area contributed by atoms with Crippen LogP contribution < -0.4 is 10.1 Å². The van der Waals surface area contributed by atoms with Crippen LogP contribution in [-0.4, -0.2) is 31.4 Å². The van der Waals surface area contributed by atoms with Gasteiger partial charge < -0.3 is 14.6 Å². The molecule has 0 saturated heterocycles. The van der Waals surface area contributed by atoms with Crippen LogP contribution in [0.3, 0.4) is 0 Å². The van der Waals surface area contributed by atoms with Gasteiger partial charge in [0.15, 0.2) is 17.1 Å². The first-order valence-electron chi connectivity index (χ1n) is 9.58. The minimum Gasteiger partial charge on any atom is -0.482 e. The summed E-state index contributed by atoms with van der Waals surface area (Å²) in [4.78, 5) is 16.4. The molecule has 2 aromatic heterocycles. The highest BCUT2D eigenvalue weighted by molar-refractivity contribution is 9.10. The van der Waals surface area contributed by atoms with E-state index in [1.807, 2.05) is 43.5 Å². The zero-order chi connectivity index (χ0) is 21.7. The number of amides is 1. The number of anilines is 1. The minimum absolute atomic E-state index is 0.151. The Kier molecular flexibility index (Phi) is 7.49. The lowest BCUT2D eigenvalue weighted by atomic mass is 10.1. The summed E-state index contributed by atoms with van der Waals surface area (Å²) in [6.07, 6.45) is 1.37. The second-order valence-corrected chi connectivity index (χ2v) is 8.67. The van der Waals surface area contributed by atoms with E-state index >= 15 is 0 Å². The standard InChI is InChI=1S/C21H24BrN5O2S/c1-5-27-20(15(4)29-17-8-6-13(2)10-14(17)3)25-26-21(27)30-12-19(28)24-18-9-7-16(22)11-23-18/h6-11,15H,5,12H2,1-4H3,(H,23,24,28). The number of hydrogen-bond acceptors (Lipinski definition) is 6. The highest BCUT2D eigenvalue weighted by Crippen LogP contribution is 2.27. The summed E-state index contributed by atoms with van der Waals surface area (Å²) in [6, 6.07) is 9.66. The fourth-order valence-electron chi connectivity index (χ4n) is 2.94. The third kappa shape index (κ3) is 5.60. The lowest BCUT2D eigenvalue weighted by Gasteiger charge is -2.17. The highest BCUT2D eigenvalue weighted by atomic mass is 79.9. The number of thioether (sulfide) groups is 1. The number of aromatic nitrogens is 4. The second kappa shape index (κ2) is 10.1. The SMILES string of the molecule is CCn1c(SCC(=O)Nc2ccc(Br)cn2)nnc1C(C)Oc1ccc(C)cc1C. The topological polar surface area (TPSA) is 81.9 Å². The van der Waals surface area contributed by atoms with Crippen LogP contribution in [0.2, 0.25) is 0 Å². The van der Waals surface area contributed by atoms with Crippen LogP contribution in [0.25, 0.3) is 0 Å². The predicted octanol–water partition coefficient (Wildman–Crippen LogP) is 4.94.